The largest absolute Gasteiger partial charge is 0.322 e. The highest BCUT2D eigenvalue weighted by Gasteiger charge is 2.15. The van der Waals surface area contributed by atoms with Crippen molar-refractivity contribution >= 4 is 22.9 Å². The van der Waals surface area contributed by atoms with Crippen LogP contribution in [0, 0.1) is 5.82 Å². The maximum Gasteiger partial charge on any atom is 0.152 e. The van der Waals surface area contributed by atoms with Crippen molar-refractivity contribution in [1.29, 1.82) is 0 Å². The van der Waals surface area contributed by atoms with Gasteiger partial charge in [-0.05, 0) is 19.1 Å². The van der Waals surface area contributed by atoms with Gasteiger partial charge in [0.1, 0.15) is 10.8 Å². The van der Waals surface area contributed by atoms with Crippen molar-refractivity contribution < 1.29 is 4.39 Å². The molecule has 6 heteroatoms. The molecule has 0 aliphatic heterocycles. The highest BCUT2D eigenvalue weighted by atomic mass is 35.5. The van der Waals surface area contributed by atoms with Gasteiger partial charge in [-0.15, -0.1) is 10.2 Å². The third-order valence-electron chi connectivity index (χ3n) is 2.01. The maximum absolute atomic E-state index is 13.6. The van der Waals surface area contributed by atoms with Crippen LogP contribution in [0.2, 0.25) is 5.02 Å². The molecule has 2 aromatic rings. The number of nitrogens with two attached hydrogens (primary N) is 1. The molecule has 3 nitrogen and oxygen atoms in total. The zero-order chi connectivity index (χ0) is 11.7. The Morgan fingerprint density at radius 2 is 2.19 bits per heavy atom. The molecule has 1 aromatic heterocycles. The summed E-state index contributed by atoms with van der Waals surface area (Å²) in [5, 5.41) is 9.23. The van der Waals surface area contributed by atoms with Gasteiger partial charge in [-0.2, -0.15) is 0 Å². The Bertz CT molecular complexity index is 492. The molecular formula is C10H9ClFN3S. The van der Waals surface area contributed by atoms with Crippen LogP contribution in [0.3, 0.4) is 0 Å². The summed E-state index contributed by atoms with van der Waals surface area (Å²) < 4.78 is 13.6. The molecule has 0 bridgehead atoms. The van der Waals surface area contributed by atoms with E-state index in [9.17, 15) is 4.39 Å². The molecule has 1 unspecified atom stereocenters. The SMILES string of the molecule is CC(N)c1nnc(-c2c(F)cccc2Cl)s1. The Kier molecular flexibility index (Phi) is 3.18. The van der Waals surface area contributed by atoms with Crippen molar-refractivity contribution in [1.82, 2.24) is 10.2 Å². The summed E-state index contributed by atoms with van der Waals surface area (Å²) in [7, 11) is 0. The van der Waals surface area contributed by atoms with Gasteiger partial charge in [0, 0.05) is 0 Å². The van der Waals surface area contributed by atoms with Gasteiger partial charge in [0.25, 0.3) is 0 Å². The fourth-order valence-corrected chi connectivity index (χ4v) is 2.39. The second-order valence-corrected chi connectivity index (χ2v) is 4.75. The van der Waals surface area contributed by atoms with Gasteiger partial charge in [0.05, 0.1) is 16.6 Å². The Labute approximate surface area is 101 Å². The molecule has 84 valence electrons. The Hall–Kier alpha value is -1.04. The molecule has 1 atom stereocenters. The first-order chi connectivity index (χ1) is 7.59. The summed E-state index contributed by atoms with van der Waals surface area (Å²) in [5.41, 5.74) is 5.95. The lowest BCUT2D eigenvalue weighted by molar-refractivity contribution is 0.631. The fraction of sp³-hybridized carbons (Fsp3) is 0.200. The standard InChI is InChI=1S/C10H9ClFN3S/c1-5(13)9-14-15-10(16-9)8-6(11)3-2-4-7(8)12/h2-5H,13H2,1H3. The number of nitrogens with zero attached hydrogens (tertiary/aromatic N) is 2. The number of rotatable bonds is 2. The number of halogens is 2. The Balaban J connectivity index is 2.50. The first-order valence-electron chi connectivity index (χ1n) is 4.63. The average molecular weight is 258 g/mol. The molecule has 0 saturated carbocycles. The van der Waals surface area contributed by atoms with Crippen molar-refractivity contribution in [3.8, 4) is 10.6 Å². The van der Waals surface area contributed by atoms with Crippen LogP contribution in [-0.4, -0.2) is 10.2 Å². The summed E-state index contributed by atoms with van der Waals surface area (Å²) in [4.78, 5) is 0. The van der Waals surface area contributed by atoms with E-state index in [1.807, 2.05) is 0 Å². The molecule has 2 N–H and O–H groups in total. The summed E-state index contributed by atoms with van der Waals surface area (Å²) in [6.45, 7) is 1.80. The van der Waals surface area contributed by atoms with Gasteiger partial charge in [-0.1, -0.05) is 29.0 Å². The van der Waals surface area contributed by atoms with E-state index in [-0.39, 0.29) is 11.6 Å². The van der Waals surface area contributed by atoms with Gasteiger partial charge in [0.2, 0.25) is 0 Å². The van der Waals surface area contributed by atoms with E-state index in [1.54, 1.807) is 19.1 Å². The fourth-order valence-electron chi connectivity index (χ4n) is 1.22. The number of hydrogen-bond acceptors (Lipinski definition) is 4. The molecular weight excluding hydrogens is 249 g/mol. The first kappa shape index (κ1) is 11.4. The first-order valence-corrected chi connectivity index (χ1v) is 5.82. The highest BCUT2D eigenvalue weighted by Crippen LogP contribution is 2.33. The molecule has 1 heterocycles. The van der Waals surface area contributed by atoms with Crippen LogP contribution in [-0.2, 0) is 0 Å². The van der Waals surface area contributed by atoms with E-state index in [0.29, 0.717) is 15.0 Å². The predicted octanol–water partition coefficient (Wildman–Crippen LogP) is 3.02. The summed E-state index contributed by atoms with van der Waals surface area (Å²) in [5.74, 6) is -0.403. The summed E-state index contributed by atoms with van der Waals surface area (Å²) in [6.07, 6.45) is 0. The average Bonchev–Trinajstić information content (AvgIpc) is 2.66. The van der Waals surface area contributed by atoms with E-state index < -0.39 is 5.82 Å². The second-order valence-electron chi connectivity index (χ2n) is 3.33. The monoisotopic (exact) mass is 257 g/mol. The number of hydrogen-bond donors (Lipinski definition) is 1. The molecule has 0 amide bonds. The van der Waals surface area contributed by atoms with Gasteiger partial charge >= 0.3 is 0 Å². The number of benzene rings is 1. The van der Waals surface area contributed by atoms with E-state index >= 15 is 0 Å². The van der Waals surface area contributed by atoms with E-state index in [4.69, 9.17) is 17.3 Å². The van der Waals surface area contributed by atoms with Gasteiger partial charge in [-0.3, -0.25) is 0 Å². The molecule has 16 heavy (non-hydrogen) atoms. The van der Waals surface area contributed by atoms with E-state index in [1.165, 1.54) is 17.4 Å². The predicted molar refractivity (Wildman–Crippen MR) is 62.9 cm³/mol. The molecule has 0 aliphatic rings. The van der Waals surface area contributed by atoms with Crippen LogP contribution in [0.1, 0.15) is 18.0 Å². The molecule has 0 saturated heterocycles. The van der Waals surface area contributed by atoms with Crippen molar-refractivity contribution in [3.63, 3.8) is 0 Å². The van der Waals surface area contributed by atoms with Crippen molar-refractivity contribution in [2.24, 2.45) is 5.73 Å². The topological polar surface area (TPSA) is 51.8 Å². The minimum absolute atomic E-state index is 0.211. The van der Waals surface area contributed by atoms with Crippen LogP contribution >= 0.6 is 22.9 Å². The van der Waals surface area contributed by atoms with Crippen LogP contribution < -0.4 is 5.73 Å². The van der Waals surface area contributed by atoms with Crippen molar-refractivity contribution in [3.05, 3.63) is 34.0 Å². The molecule has 0 radical (unpaired) electrons. The minimum atomic E-state index is -0.403. The summed E-state index contributed by atoms with van der Waals surface area (Å²) in [6, 6.07) is 4.30. The lowest BCUT2D eigenvalue weighted by Gasteiger charge is -2.00. The van der Waals surface area contributed by atoms with E-state index in [2.05, 4.69) is 10.2 Å². The molecule has 0 aliphatic carbocycles. The third kappa shape index (κ3) is 2.07. The van der Waals surface area contributed by atoms with Gasteiger partial charge in [0.15, 0.2) is 5.01 Å². The molecule has 0 fully saturated rings. The minimum Gasteiger partial charge on any atom is -0.322 e. The smallest absolute Gasteiger partial charge is 0.152 e. The third-order valence-corrected chi connectivity index (χ3v) is 3.46. The maximum atomic E-state index is 13.6. The highest BCUT2D eigenvalue weighted by molar-refractivity contribution is 7.14. The van der Waals surface area contributed by atoms with Crippen molar-refractivity contribution in [2.75, 3.05) is 0 Å². The van der Waals surface area contributed by atoms with Gasteiger partial charge in [-0.25, -0.2) is 4.39 Å². The Morgan fingerprint density at radius 3 is 2.75 bits per heavy atom. The Morgan fingerprint density at radius 1 is 1.44 bits per heavy atom. The van der Waals surface area contributed by atoms with E-state index in [0.717, 1.165) is 0 Å². The molecule has 0 spiro atoms. The lowest BCUT2D eigenvalue weighted by atomic mass is 10.2. The van der Waals surface area contributed by atoms with Crippen molar-refractivity contribution in [2.45, 2.75) is 13.0 Å². The lowest BCUT2D eigenvalue weighted by Crippen LogP contribution is -2.03. The van der Waals surface area contributed by atoms with Crippen LogP contribution in [0.15, 0.2) is 18.2 Å². The molecule has 1 aromatic carbocycles. The number of aromatic nitrogens is 2. The zero-order valence-corrected chi connectivity index (χ0v) is 10.0. The van der Waals surface area contributed by atoms with Crippen LogP contribution in [0.25, 0.3) is 10.6 Å². The zero-order valence-electron chi connectivity index (χ0n) is 8.45. The quantitative estimate of drug-likeness (QED) is 0.900. The molecule has 2 rings (SSSR count). The second kappa shape index (κ2) is 4.45. The normalized spacial score (nSPS) is 12.8. The summed E-state index contributed by atoms with van der Waals surface area (Å²) >= 11 is 7.17. The van der Waals surface area contributed by atoms with Gasteiger partial charge < -0.3 is 5.73 Å². The van der Waals surface area contributed by atoms with Crippen LogP contribution in [0.5, 0.6) is 0 Å². The van der Waals surface area contributed by atoms with Crippen LogP contribution in [0.4, 0.5) is 4.39 Å².